The number of aliphatic imine (C=N–C) groups is 1. The molecule has 0 bridgehead atoms. The van der Waals surface area contributed by atoms with Crippen LogP contribution in [-0.2, 0) is 14.6 Å². The summed E-state index contributed by atoms with van der Waals surface area (Å²) in [5.74, 6) is -0.867. The van der Waals surface area contributed by atoms with Gasteiger partial charge in [0.2, 0.25) is 19.4 Å². The molecule has 2 aromatic rings. The molecule has 0 saturated heterocycles. The Morgan fingerprint density at radius 1 is 1.16 bits per heavy atom. The molecule has 3 heterocycles. The van der Waals surface area contributed by atoms with E-state index in [1.54, 1.807) is 18.2 Å². The van der Waals surface area contributed by atoms with Crippen LogP contribution in [0, 0.1) is 19.3 Å². The Morgan fingerprint density at radius 3 is 2.52 bits per heavy atom. The molecule has 1 N–H and O–H groups in total. The van der Waals surface area contributed by atoms with Gasteiger partial charge in [0.1, 0.15) is 0 Å². The molecule has 1 aromatic heterocycles. The van der Waals surface area contributed by atoms with Crippen molar-refractivity contribution in [2.75, 3.05) is 6.26 Å². The van der Waals surface area contributed by atoms with Crippen molar-refractivity contribution in [2.24, 2.45) is 10.1 Å². The van der Waals surface area contributed by atoms with Gasteiger partial charge < -0.3 is 4.57 Å². The van der Waals surface area contributed by atoms with Crippen LogP contribution in [0.1, 0.15) is 17.0 Å². The highest BCUT2D eigenvalue weighted by Gasteiger charge is 2.38. The number of hydrazone groups is 1. The predicted molar refractivity (Wildman–Crippen MR) is 125 cm³/mol. The molecule has 0 radical (unpaired) electrons. The average Bonchev–Trinajstić information content (AvgIpc) is 3.22. The lowest BCUT2D eigenvalue weighted by molar-refractivity contribution is -0.114. The number of hydrogen-bond donors (Lipinski definition) is 1. The Balaban J connectivity index is 1.76. The topological polar surface area (TPSA) is 108 Å². The first-order chi connectivity index (χ1) is 14.5. The van der Waals surface area contributed by atoms with Crippen LogP contribution in [0.4, 0.5) is 0 Å². The zero-order valence-electron chi connectivity index (χ0n) is 16.5. The van der Waals surface area contributed by atoms with Gasteiger partial charge in [-0.15, -0.1) is 5.10 Å². The Kier molecular flexibility index (Phi) is 5.37. The van der Waals surface area contributed by atoms with Crippen molar-refractivity contribution < 1.29 is 13.2 Å². The number of hydrogen-bond acceptors (Lipinski definition) is 6. The van der Waals surface area contributed by atoms with Gasteiger partial charge in [-0.05, 0) is 61.5 Å². The number of sulfone groups is 1. The quantitative estimate of drug-likeness (QED) is 0.632. The van der Waals surface area contributed by atoms with Gasteiger partial charge >= 0.3 is 0 Å². The van der Waals surface area contributed by atoms with E-state index in [9.17, 15) is 13.2 Å². The van der Waals surface area contributed by atoms with Gasteiger partial charge in [-0.25, -0.2) is 8.42 Å². The van der Waals surface area contributed by atoms with E-state index in [2.05, 4.69) is 10.1 Å². The lowest BCUT2D eigenvalue weighted by atomic mass is 10.1. The van der Waals surface area contributed by atoms with Crippen LogP contribution >= 0.6 is 35.0 Å². The molecule has 2 aliphatic rings. The fraction of sp³-hybridized carbons (Fsp3) is 0.158. The van der Waals surface area contributed by atoms with E-state index >= 15 is 0 Å². The summed E-state index contributed by atoms with van der Waals surface area (Å²) in [6.45, 7) is 3.78. The lowest BCUT2D eigenvalue weighted by Crippen LogP contribution is -2.35. The number of thioether (sulfide) groups is 1. The lowest BCUT2D eigenvalue weighted by Gasteiger charge is -2.20. The first kappa shape index (κ1) is 21.8. The fourth-order valence-electron chi connectivity index (χ4n) is 3.24. The van der Waals surface area contributed by atoms with E-state index in [-0.39, 0.29) is 21.0 Å². The van der Waals surface area contributed by atoms with Gasteiger partial charge in [0.05, 0.1) is 15.6 Å². The Bertz CT molecular complexity index is 1370. The third kappa shape index (κ3) is 3.84. The zero-order chi connectivity index (χ0) is 22.7. The summed E-state index contributed by atoms with van der Waals surface area (Å²) in [6.07, 6.45) is 2.57. The van der Waals surface area contributed by atoms with E-state index in [0.29, 0.717) is 15.6 Å². The summed E-state index contributed by atoms with van der Waals surface area (Å²) in [6, 6.07) is 7.15. The largest absolute Gasteiger partial charge is 0.318 e. The third-order valence-electron chi connectivity index (χ3n) is 4.68. The number of aromatic nitrogens is 1. The standard InChI is InChI=1S/C19H15Cl2N5O3S2/c1-9-6-11(10(2)25(9)12-4-5-14(20)15(21)8-12)7-13-16(22)26-18(23-17(13)27)30-19(24-26)31(3,28)29/h4-8,22H,1-3H3/b13-7-,22-16?. The summed E-state index contributed by atoms with van der Waals surface area (Å²) in [4.78, 5) is 16.5. The van der Waals surface area contributed by atoms with Gasteiger partial charge in [-0.1, -0.05) is 23.2 Å². The van der Waals surface area contributed by atoms with Crippen LogP contribution in [0.2, 0.25) is 10.0 Å². The van der Waals surface area contributed by atoms with E-state index < -0.39 is 15.7 Å². The molecule has 4 rings (SSSR count). The van der Waals surface area contributed by atoms with Crippen molar-refractivity contribution in [3.8, 4) is 5.69 Å². The van der Waals surface area contributed by atoms with Crippen molar-refractivity contribution in [3.05, 3.63) is 56.8 Å². The molecule has 0 fully saturated rings. The molecule has 0 atom stereocenters. The van der Waals surface area contributed by atoms with E-state index in [1.807, 2.05) is 30.5 Å². The van der Waals surface area contributed by atoms with Gasteiger partial charge in [-0.2, -0.15) is 10.0 Å². The molecule has 0 spiro atoms. The number of aryl methyl sites for hydroxylation is 1. The first-order valence-electron chi connectivity index (χ1n) is 8.82. The highest BCUT2D eigenvalue weighted by molar-refractivity contribution is 8.42. The summed E-state index contributed by atoms with van der Waals surface area (Å²) in [5, 5.41) is 14.3. The maximum Gasteiger partial charge on any atom is 0.283 e. The zero-order valence-corrected chi connectivity index (χ0v) is 19.6. The average molecular weight is 496 g/mol. The number of carbonyl (C=O) groups excluding carboxylic acids is 1. The number of carbonyl (C=O) groups is 1. The van der Waals surface area contributed by atoms with Crippen molar-refractivity contribution in [1.29, 1.82) is 5.41 Å². The van der Waals surface area contributed by atoms with E-state index in [0.717, 1.165) is 40.1 Å². The molecule has 0 unspecified atom stereocenters. The number of amidine groups is 2. The second kappa shape index (κ2) is 7.63. The molecular weight excluding hydrogens is 481 g/mol. The van der Waals surface area contributed by atoms with Gasteiger partial charge in [0.15, 0.2) is 5.84 Å². The molecule has 0 aliphatic carbocycles. The molecule has 160 valence electrons. The van der Waals surface area contributed by atoms with Crippen LogP contribution in [0.5, 0.6) is 0 Å². The number of nitrogens with zero attached hydrogens (tertiary/aromatic N) is 4. The monoisotopic (exact) mass is 495 g/mol. The second-order valence-electron chi connectivity index (χ2n) is 6.92. The molecule has 2 aliphatic heterocycles. The Morgan fingerprint density at radius 2 is 1.87 bits per heavy atom. The second-order valence-corrected chi connectivity index (χ2v) is 10.9. The number of nitrogens with one attached hydrogen (secondary N) is 1. The molecular formula is C19H15Cl2N5O3S2. The van der Waals surface area contributed by atoms with Crippen LogP contribution in [0.25, 0.3) is 11.8 Å². The Labute approximate surface area is 192 Å². The minimum absolute atomic E-state index is 0.0113. The van der Waals surface area contributed by atoms with Crippen molar-refractivity contribution >= 4 is 72.2 Å². The normalized spacial score (nSPS) is 17.8. The summed E-state index contributed by atoms with van der Waals surface area (Å²) in [7, 11) is -3.58. The van der Waals surface area contributed by atoms with Crippen LogP contribution in [0.15, 0.2) is 39.9 Å². The minimum Gasteiger partial charge on any atom is -0.318 e. The molecule has 0 saturated carbocycles. The van der Waals surface area contributed by atoms with Gasteiger partial charge in [0.25, 0.3) is 5.91 Å². The smallest absolute Gasteiger partial charge is 0.283 e. The molecule has 12 heteroatoms. The molecule has 1 amide bonds. The SMILES string of the molecule is Cc1cc(/C=C2/C(=N)N3N=C(S(C)(=O)=O)SC3=NC2=O)c(C)n1-c1ccc(Cl)c(Cl)c1. The molecule has 1 aromatic carbocycles. The van der Waals surface area contributed by atoms with Gasteiger partial charge in [0, 0.05) is 23.3 Å². The first-order valence-corrected chi connectivity index (χ1v) is 12.3. The van der Waals surface area contributed by atoms with Crippen LogP contribution in [-0.4, -0.2) is 45.5 Å². The highest BCUT2D eigenvalue weighted by Crippen LogP contribution is 2.32. The van der Waals surface area contributed by atoms with Crippen LogP contribution in [0.3, 0.4) is 0 Å². The van der Waals surface area contributed by atoms with Crippen molar-refractivity contribution in [2.45, 2.75) is 13.8 Å². The third-order valence-corrected chi connectivity index (χ3v) is 8.00. The fourth-order valence-corrected chi connectivity index (χ4v) is 5.21. The highest BCUT2D eigenvalue weighted by atomic mass is 35.5. The van der Waals surface area contributed by atoms with Gasteiger partial charge in [-0.3, -0.25) is 10.2 Å². The number of fused-ring (bicyclic) bond motifs is 1. The summed E-state index contributed by atoms with van der Waals surface area (Å²) in [5.41, 5.74) is 3.22. The van der Waals surface area contributed by atoms with Crippen molar-refractivity contribution in [3.63, 3.8) is 0 Å². The minimum atomic E-state index is -3.58. The summed E-state index contributed by atoms with van der Waals surface area (Å²) < 4.78 is 25.3. The van der Waals surface area contributed by atoms with Crippen molar-refractivity contribution in [1.82, 2.24) is 9.58 Å². The predicted octanol–water partition coefficient (Wildman–Crippen LogP) is 4.02. The Hall–Kier alpha value is -2.40. The summed E-state index contributed by atoms with van der Waals surface area (Å²) >= 11 is 12.9. The van der Waals surface area contributed by atoms with E-state index in [4.69, 9.17) is 28.6 Å². The van der Waals surface area contributed by atoms with E-state index in [1.165, 1.54) is 0 Å². The number of amides is 1. The maximum absolute atomic E-state index is 12.6. The maximum atomic E-state index is 12.6. The number of halogens is 2. The molecule has 8 nitrogen and oxygen atoms in total. The van der Waals surface area contributed by atoms with Crippen LogP contribution < -0.4 is 0 Å². The number of benzene rings is 1. The number of rotatable bonds is 2. The molecule has 31 heavy (non-hydrogen) atoms.